The Labute approximate surface area is 811 Å². The average molecular weight is 1990 g/mol. The van der Waals surface area contributed by atoms with Crippen LogP contribution in [0.3, 0.4) is 0 Å². The molecule has 0 radical (unpaired) electrons. The lowest BCUT2D eigenvalue weighted by atomic mass is 9.97. The minimum Gasteiger partial charge on any atom is -0.481 e. The maximum atomic E-state index is 14.8. The van der Waals surface area contributed by atoms with E-state index < -0.39 is 277 Å². The summed E-state index contributed by atoms with van der Waals surface area (Å²) in [4.78, 5) is 290. The SMILES string of the molecule is CC[C@H](C)[C@H](N)C(=O)N[C@H](C(=O)N[C@@H](CC(C)C)C(=O)NCC(=O)NCC(=O)NCC(=O)N[C@@H](CS)C(=O)N[C@@H](C)C(=O)N[C@@H](CC(C)C)C(=O)N[C@@H](CC(C)C)C(=O)N[C@@H](CCCN=C(N)N)C(=O)N[C@@H](CS)C(=O)N[C@H](C(=O)N1CCC[C@H]1C(=O)N[C@@H](C)C(=O)N[C@@H](CC(C)C)C(=O)N[C@@H](CC(=O)O)C(=O)N[C@@H](CO)C(=O)N[C@@H](CC(C)C)C(=O)N[C@H](C(=O)O)[C@@H](C)O)[C@@H](C)CC)C(C)C. The number of aliphatic hydroxyl groups excluding tert-OH is 2. The van der Waals surface area contributed by atoms with Crippen molar-refractivity contribution in [1.29, 1.82) is 0 Å². The standard InChI is InChI=1S/C87H153N23O25S2/c1-20-46(15)66(88)83(131)107-67(45(13)14)84(132)104-52(28-40(3)4)72(120)94-35-63(114)92-34-62(113)93-36-64(115)97-59(38-136)80(128)95-48(17)70(118)99-53(29-41(5)6)75(123)101-55(31-43(9)10)74(122)98-51(24-22-26-91-87(89)90)73(121)106-60(39-137)81(129)108-68(47(16)21-2)85(133)110-27-23-25-61(110)82(130)96-49(18)71(119)100-54(30-42(7)8)76(124)103-57(33-65(116)117)77(125)105-58(37-111)79(127)102-56(32-44(11)12)78(126)109-69(50(19)112)86(134)135/h40-61,66-69,111-112,136-137H,20-39,88H2,1-19H3,(H,92,114)(H,93,113)(H,94,120)(H,95,128)(H,96,130)(H,97,115)(H,98,122)(H,99,118)(H,100,119)(H,101,123)(H,102,127)(H,103,124)(H,104,132)(H,105,125)(H,106,121)(H,107,131)(H,108,129)(H,109,126)(H,116,117)(H,134,135)(H4,89,90,91)/t46-,47-,48-,49-,50+,51-,52-,53-,54-,55-,56-,57-,58-,59-,60-,61-,66-,67-,68-,69-/m0/s1. The predicted octanol–water partition coefficient (Wildman–Crippen LogP) is -6.21. The number of aliphatic carboxylic acids is 2. The van der Waals surface area contributed by atoms with E-state index in [4.69, 9.17) is 17.2 Å². The van der Waals surface area contributed by atoms with Crippen LogP contribution in [-0.2, 0) is 101 Å². The topological polar surface area (TPSA) is 750 Å². The van der Waals surface area contributed by atoms with Gasteiger partial charge in [-0.2, -0.15) is 25.3 Å². The maximum absolute atomic E-state index is 14.8. The number of guanidine groups is 1. The largest absolute Gasteiger partial charge is 0.481 e. The summed E-state index contributed by atoms with van der Waals surface area (Å²) in [5.74, 6) is -23.7. The van der Waals surface area contributed by atoms with Gasteiger partial charge in [0, 0.05) is 24.6 Å². The fraction of sp³-hybridized carbons (Fsp3) is 0.747. The Bertz CT molecular complexity index is 4120. The quantitative estimate of drug-likeness (QED) is 0.0117. The van der Waals surface area contributed by atoms with Crippen molar-refractivity contribution in [2.45, 2.75) is 317 Å². The van der Waals surface area contributed by atoms with Gasteiger partial charge in [-0.15, -0.1) is 0 Å². The molecule has 0 bridgehead atoms. The molecule has 0 unspecified atom stereocenters. The summed E-state index contributed by atoms with van der Waals surface area (Å²) in [5.41, 5.74) is 17.3. The molecule has 1 saturated heterocycles. The van der Waals surface area contributed by atoms with E-state index in [0.717, 1.165) is 6.92 Å². The molecular formula is C87H153N23O25S2. The molecule has 0 saturated carbocycles. The predicted molar refractivity (Wildman–Crippen MR) is 509 cm³/mol. The Balaban J connectivity index is 3.32. The van der Waals surface area contributed by atoms with Gasteiger partial charge in [0.25, 0.3) is 0 Å². The Kier molecular flexibility index (Phi) is 56.5. The summed E-state index contributed by atoms with van der Waals surface area (Å²) >= 11 is 8.56. The first-order valence-corrected chi connectivity index (χ1v) is 47.6. The van der Waals surface area contributed by atoms with Crippen LogP contribution in [0, 0.1) is 47.3 Å². The van der Waals surface area contributed by atoms with E-state index in [1.54, 1.807) is 90.0 Å². The molecule has 20 atom stereocenters. The van der Waals surface area contributed by atoms with Crippen LogP contribution in [0.2, 0.25) is 0 Å². The summed E-state index contributed by atoms with van der Waals surface area (Å²) < 4.78 is 0. The van der Waals surface area contributed by atoms with Gasteiger partial charge in [-0.1, -0.05) is 124 Å². The summed E-state index contributed by atoms with van der Waals surface area (Å²) in [6.07, 6.45) is -1.65. The van der Waals surface area contributed by atoms with E-state index in [-0.39, 0.29) is 130 Å². The number of nitrogens with one attached hydrogen (secondary N) is 18. The van der Waals surface area contributed by atoms with Crippen molar-refractivity contribution in [1.82, 2.24) is 101 Å². The number of carboxylic acid groups (broad SMARTS) is 2. The molecule has 137 heavy (non-hydrogen) atoms. The van der Waals surface area contributed by atoms with Gasteiger partial charge in [0.05, 0.1) is 44.8 Å². The third kappa shape index (κ3) is 45.7. The van der Waals surface area contributed by atoms with Crippen molar-refractivity contribution in [2.75, 3.05) is 50.8 Å². The Hall–Kier alpha value is -11.3. The lowest BCUT2D eigenvalue weighted by Gasteiger charge is -2.33. The molecule has 28 N–H and O–H groups in total. The third-order valence-electron chi connectivity index (χ3n) is 22.0. The van der Waals surface area contributed by atoms with Gasteiger partial charge in [-0.3, -0.25) is 101 Å². The van der Waals surface area contributed by atoms with Crippen LogP contribution in [0.15, 0.2) is 4.99 Å². The molecule has 0 aromatic heterocycles. The Morgan fingerprint density at radius 3 is 1.18 bits per heavy atom. The number of aliphatic hydroxyl groups is 2. The number of thiol groups is 2. The highest BCUT2D eigenvalue weighted by molar-refractivity contribution is 7.80. The monoisotopic (exact) mass is 1980 g/mol. The van der Waals surface area contributed by atoms with Gasteiger partial charge in [-0.05, 0) is 126 Å². The Morgan fingerprint density at radius 2 is 0.752 bits per heavy atom. The number of nitrogens with zero attached hydrogens (tertiary/aromatic N) is 2. The van der Waals surface area contributed by atoms with E-state index in [0.29, 0.717) is 6.42 Å². The van der Waals surface area contributed by atoms with Crippen molar-refractivity contribution in [3.05, 3.63) is 0 Å². The molecular weight excluding hydrogens is 1830 g/mol. The van der Waals surface area contributed by atoms with Gasteiger partial charge in [0.1, 0.15) is 90.6 Å². The molecule has 1 fully saturated rings. The molecule has 0 spiro atoms. The van der Waals surface area contributed by atoms with E-state index in [1.165, 1.54) is 18.7 Å². The zero-order valence-corrected chi connectivity index (χ0v) is 83.8. The second-order valence-corrected chi connectivity index (χ2v) is 37.6. The van der Waals surface area contributed by atoms with Crippen LogP contribution in [-0.4, -0.2) is 315 Å². The second kappa shape index (κ2) is 62.5. The number of rotatable bonds is 63. The van der Waals surface area contributed by atoms with Gasteiger partial charge < -0.3 is 138 Å². The summed E-state index contributed by atoms with van der Waals surface area (Å²) in [6.45, 7) is 28.2. The van der Waals surface area contributed by atoms with Crippen LogP contribution in [0.1, 0.15) is 209 Å². The van der Waals surface area contributed by atoms with E-state index in [1.807, 2.05) is 20.8 Å². The third-order valence-corrected chi connectivity index (χ3v) is 22.8. The van der Waals surface area contributed by atoms with Crippen molar-refractivity contribution in [3.63, 3.8) is 0 Å². The number of aliphatic imine (C=N–C) groups is 1. The number of hydrogen-bond donors (Lipinski definition) is 27. The molecule has 0 aliphatic carbocycles. The molecule has 48 nitrogen and oxygen atoms in total. The van der Waals surface area contributed by atoms with Crippen molar-refractivity contribution in [2.24, 2.45) is 69.5 Å². The van der Waals surface area contributed by atoms with Crippen LogP contribution in [0.4, 0.5) is 0 Å². The highest BCUT2D eigenvalue weighted by Gasteiger charge is 2.44. The molecule has 0 aromatic rings. The van der Waals surface area contributed by atoms with E-state index in [9.17, 15) is 121 Å². The molecule has 0 aromatic carbocycles. The zero-order chi connectivity index (χ0) is 105. The van der Waals surface area contributed by atoms with Crippen molar-refractivity contribution in [3.8, 4) is 0 Å². The molecule has 778 valence electrons. The zero-order valence-electron chi connectivity index (χ0n) is 82.0. The van der Waals surface area contributed by atoms with E-state index >= 15 is 0 Å². The first kappa shape index (κ1) is 124. The first-order valence-electron chi connectivity index (χ1n) is 46.3. The fourth-order valence-electron chi connectivity index (χ4n) is 13.9. The van der Waals surface area contributed by atoms with E-state index in [2.05, 4.69) is 126 Å². The number of amides is 19. The van der Waals surface area contributed by atoms with Crippen LogP contribution >= 0.6 is 25.3 Å². The summed E-state index contributed by atoms with van der Waals surface area (Å²) in [6, 6.07) is -24.2. The van der Waals surface area contributed by atoms with Crippen molar-refractivity contribution < 1.29 is 121 Å². The highest BCUT2D eigenvalue weighted by Crippen LogP contribution is 2.23. The molecule has 1 rings (SSSR count). The normalized spacial score (nSPS) is 16.6. The lowest BCUT2D eigenvalue weighted by Crippen LogP contribution is -2.61. The number of hydrogen-bond acceptors (Lipinski definition) is 27. The lowest BCUT2D eigenvalue weighted by molar-refractivity contribution is -0.145. The molecule has 19 amide bonds. The number of carbonyl (C=O) groups is 21. The smallest absolute Gasteiger partial charge is 0.328 e. The Morgan fingerprint density at radius 1 is 0.394 bits per heavy atom. The van der Waals surface area contributed by atoms with Gasteiger partial charge in [-0.25, -0.2) is 4.79 Å². The van der Waals surface area contributed by atoms with Crippen molar-refractivity contribution >= 4 is 155 Å². The van der Waals surface area contributed by atoms with Crippen LogP contribution in [0.5, 0.6) is 0 Å². The van der Waals surface area contributed by atoms with Crippen LogP contribution in [0.25, 0.3) is 0 Å². The maximum Gasteiger partial charge on any atom is 0.328 e. The number of carboxylic acids is 2. The molecule has 1 aliphatic rings. The second-order valence-electron chi connectivity index (χ2n) is 36.9. The van der Waals surface area contributed by atoms with Gasteiger partial charge in [0.15, 0.2) is 12.0 Å². The molecule has 1 aliphatic heterocycles. The summed E-state index contributed by atoms with van der Waals surface area (Å²) in [5, 5.41) is 83.9. The molecule has 50 heteroatoms. The average Bonchev–Trinajstić information content (AvgIpc) is 1.69. The van der Waals surface area contributed by atoms with Gasteiger partial charge >= 0.3 is 11.9 Å². The molecule has 1 heterocycles. The summed E-state index contributed by atoms with van der Waals surface area (Å²) in [7, 11) is 0. The minimum atomic E-state index is -1.97. The first-order chi connectivity index (χ1) is 63.9. The fourth-order valence-corrected chi connectivity index (χ4v) is 14.4. The number of likely N-dealkylation sites (tertiary alicyclic amines) is 1. The number of carbonyl (C=O) groups excluding carboxylic acids is 19. The van der Waals surface area contributed by atoms with Crippen LogP contribution < -0.4 is 113 Å². The minimum absolute atomic E-state index is 0.00614. The highest BCUT2D eigenvalue weighted by atomic mass is 32.1. The number of nitrogens with two attached hydrogens (primary N) is 3. The van der Waals surface area contributed by atoms with Gasteiger partial charge in [0.2, 0.25) is 112 Å².